The lowest BCUT2D eigenvalue weighted by Crippen LogP contribution is -2.03. The number of esters is 1. The van der Waals surface area contributed by atoms with E-state index in [1.54, 1.807) is 23.9 Å². The number of para-hydroxylation sites is 1. The first-order valence-electron chi connectivity index (χ1n) is 9.02. The van der Waals surface area contributed by atoms with E-state index in [2.05, 4.69) is 33.8 Å². The molecule has 0 spiro atoms. The van der Waals surface area contributed by atoms with Gasteiger partial charge in [0.15, 0.2) is 5.16 Å². The number of carbonyl (C=O) groups excluding carboxylic acids is 1. The smallest absolute Gasteiger partial charge is 0.337 e. The minimum absolute atomic E-state index is 0.321. The highest BCUT2D eigenvalue weighted by Crippen LogP contribution is 2.26. The van der Waals surface area contributed by atoms with Crippen LogP contribution in [0.3, 0.4) is 0 Å². The summed E-state index contributed by atoms with van der Waals surface area (Å²) in [6.45, 7) is 2.18. The molecule has 1 heterocycles. The van der Waals surface area contributed by atoms with Crippen molar-refractivity contribution in [1.29, 1.82) is 0 Å². The summed E-state index contributed by atoms with van der Waals surface area (Å²) >= 11 is 1.64. The highest BCUT2D eigenvalue weighted by Gasteiger charge is 2.14. The molecule has 0 amide bonds. The van der Waals surface area contributed by atoms with Gasteiger partial charge in [0.25, 0.3) is 0 Å². The van der Waals surface area contributed by atoms with E-state index in [-0.39, 0.29) is 5.97 Å². The molecule has 27 heavy (non-hydrogen) atoms. The number of thioether (sulfide) groups is 1. The number of nitrogens with zero attached hydrogens (tertiary/aromatic N) is 3. The van der Waals surface area contributed by atoms with E-state index in [0.717, 1.165) is 47.2 Å². The first-order chi connectivity index (χ1) is 13.2. The summed E-state index contributed by atoms with van der Waals surface area (Å²) in [5, 5.41) is 9.72. The predicted molar refractivity (Wildman–Crippen MR) is 107 cm³/mol. The molecular formula is C21H23N3O2S. The Morgan fingerprint density at radius 2 is 1.81 bits per heavy atom. The van der Waals surface area contributed by atoms with Crippen LogP contribution in [-0.2, 0) is 16.9 Å². The number of rotatable bonds is 8. The molecule has 0 aliphatic carbocycles. The first-order valence-corrected chi connectivity index (χ1v) is 10.0. The van der Waals surface area contributed by atoms with Crippen molar-refractivity contribution in [2.45, 2.75) is 37.1 Å². The van der Waals surface area contributed by atoms with Gasteiger partial charge in [-0.05, 0) is 36.2 Å². The number of benzene rings is 2. The third-order valence-electron chi connectivity index (χ3n) is 4.21. The number of aromatic nitrogens is 3. The van der Waals surface area contributed by atoms with Crippen molar-refractivity contribution in [2.24, 2.45) is 0 Å². The van der Waals surface area contributed by atoms with E-state index in [4.69, 9.17) is 4.74 Å². The molecule has 0 bridgehead atoms. The highest BCUT2D eigenvalue weighted by molar-refractivity contribution is 7.98. The topological polar surface area (TPSA) is 57.0 Å². The van der Waals surface area contributed by atoms with Crippen LogP contribution in [0.15, 0.2) is 59.8 Å². The zero-order valence-electron chi connectivity index (χ0n) is 15.6. The summed E-state index contributed by atoms with van der Waals surface area (Å²) in [7, 11) is 1.39. The van der Waals surface area contributed by atoms with Crippen LogP contribution in [-0.4, -0.2) is 27.8 Å². The molecule has 0 atom stereocenters. The molecule has 0 saturated heterocycles. The maximum atomic E-state index is 11.5. The Balaban J connectivity index is 1.78. The van der Waals surface area contributed by atoms with Gasteiger partial charge < -0.3 is 4.74 Å². The first kappa shape index (κ1) is 19.2. The summed E-state index contributed by atoms with van der Waals surface area (Å²) in [6, 6.07) is 17.7. The van der Waals surface area contributed by atoms with Crippen molar-refractivity contribution in [1.82, 2.24) is 14.8 Å². The van der Waals surface area contributed by atoms with Crippen molar-refractivity contribution < 1.29 is 9.53 Å². The molecule has 0 saturated carbocycles. The monoisotopic (exact) mass is 381 g/mol. The van der Waals surface area contributed by atoms with Crippen LogP contribution in [0.2, 0.25) is 0 Å². The molecule has 0 N–H and O–H groups in total. The molecular weight excluding hydrogens is 358 g/mol. The summed E-state index contributed by atoms with van der Waals surface area (Å²) < 4.78 is 6.88. The van der Waals surface area contributed by atoms with Crippen LogP contribution < -0.4 is 0 Å². The fourth-order valence-electron chi connectivity index (χ4n) is 2.73. The Morgan fingerprint density at radius 3 is 2.48 bits per heavy atom. The minimum atomic E-state index is -0.321. The standard InChI is InChI=1S/C21H23N3O2S/c1-3-4-10-19-22-23-21(24(19)18-8-6-5-7-9-18)27-15-16-11-13-17(14-12-16)20(25)26-2/h5-9,11-14H,3-4,10,15H2,1-2H3. The lowest BCUT2D eigenvalue weighted by Gasteiger charge is -2.10. The van der Waals surface area contributed by atoms with Crippen LogP contribution in [0.1, 0.15) is 41.5 Å². The quantitative estimate of drug-likeness (QED) is 0.418. The second-order valence-electron chi connectivity index (χ2n) is 6.15. The molecule has 0 fully saturated rings. The third-order valence-corrected chi connectivity index (χ3v) is 5.21. The van der Waals surface area contributed by atoms with E-state index in [9.17, 15) is 4.79 Å². The van der Waals surface area contributed by atoms with Crippen LogP contribution >= 0.6 is 11.8 Å². The number of methoxy groups -OCH3 is 1. The largest absolute Gasteiger partial charge is 0.465 e. The second kappa shape index (κ2) is 9.37. The molecule has 1 aromatic heterocycles. The molecule has 140 valence electrons. The zero-order valence-corrected chi connectivity index (χ0v) is 16.4. The van der Waals surface area contributed by atoms with Crippen LogP contribution in [0.4, 0.5) is 0 Å². The summed E-state index contributed by atoms with van der Waals surface area (Å²) in [4.78, 5) is 11.5. The van der Waals surface area contributed by atoms with Gasteiger partial charge in [-0.2, -0.15) is 0 Å². The molecule has 6 heteroatoms. The maximum Gasteiger partial charge on any atom is 0.337 e. The number of carbonyl (C=O) groups is 1. The number of unbranched alkanes of at least 4 members (excludes halogenated alkanes) is 1. The van der Waals surface area contributed by atoms with Gasteiger partial charge in [0.05, 0.1) is 12.7 Å². The summed E-state index contributed by atoms with van der Waals surface area (Å²) in [6.07, 6.45) is 3.12. The Morgan fingerprint density at radius 1 is 1.07 bits per heavy atom. The van der Waals surface area contributed by atoms with Crippen molar-refractivity contribution in [3.8, 4) is 5.69 Å². The van der Waals surface area contributed by atoms with Crippen LogP contribution in [0.25, 0.3) is 5.69 Å². The van der Waals surface area contributed by atoms with Crippen LogP contribution in [0.5, 0.6) is 0 Å². The second-order valence-corrected chi connectivity index (χ2v) is 7.09. The molecule has 3 rings (SSSR count). The molecule has 5 nitrogen and oxygen atoms in total. The Kier molecular flexibility index (Phi) is 6.65. The minimum Gasteiger partial charge on any atom is -0.465 e. The molecule has 2 aromatic carbocycles. The van der Waals surface area contributed by atoms with Crippen molar-refractivity contribution in [2.75, 3.05) is 7.11 Å². The van der Waals surface area contributed by atoms with E-state index in [0.29, 0.717) is 5.56 Å². The maximum absolute atomic E-state index is 11.5. The SMILES string of the molecule is CCCCc1nnc(SCc2ccc(C(=O)OC)cc2)n1-c1ccccc1. The van der Waals surface area contributed by atoms with Crippen molar-refractivity contribution >= 4 is 17.7 Å². The lowest BCUT2D eigenvalue weighted by atomic mass is 10.1. The van der Waals surface area contributed by atoms with E-state index >= 15 is 0 Å². The molecule has 0 radical (unpaired) electrons. The number of ether oxygens (including phenoxy) is 1. The van der Waals surface area contributed by atoms with E-state index < -0.39 is 0 Å². The van der Waals surface area contributed by atoms with Crippen molar-refractivity contribution in [3.63, 3.8) is 0 Å². The normalized spacial score (nSPS) is 10.7. The van der Waals surface area contributed by atoms with Gasteiger partial charge in [-0.25, -0.2) is 4.79 Å². The van der Waals surface area contributed by atoms with Gasteiger partial charge in [-0.15, -0.1) is 10.2 Å². The van der Waals surface area contributed by atoms with E-state index in [1.807, 2.05) is 30.3 Å². The van der Waals surface area contributed by atoms with Gasteiger partial charge in [0.1, 0.15) is 5.82 Å². The van der Waals surface area contributed by atoms with Gasteiger partial charge in [-0.1, -0.05) is 55.4 Å². The molecule has 3 aromatic rings. The predicted octanol–water partition coefficient (Wildman–Crippen LogP) is 4.69. The highest BCUT2D eigenvalue weighted by atomic mass is 32.2. The van der Waals surface area contributed by atoms with Gasteiger partial charge in [0, 0.05) is 17.9 Å². The van der Waals surface area contributed by atoms with Gasteiger partial charge >= 0.3 is 5.97 Å². The van der Waals surface area contributed by atoms with Gasteiger partial charge in [-0.3, -0.25) is 4.57 Å². The van der Waals surface area contributed by atoms with Crippen molar-refractivity contribution in [3.05, 3.63) is 71.5 Å². The Hall–Kier alpha value is -2.60. The molecule has 0 aliphatic heterocycles. The zero-order chi connectivity index (χ0) is 19.1. The summed E-state index contributed by atoms with van der Waals surface area (Å²) in [5.41, 5.74) is 2.75. The fraction of sp³-hybridized carbons (Fsp3) is 0.286. The van der Waals surface area contributed by atoms with Crippen LogP contribution in [0, 0.1) is 0 Å². The number of aryl methyl sites for hydroxylation is 1. The number of hydrogen-bond acceptors (Lipinski definition) is 5. The fourth-order valence-corrected chi connectivity index (χ4v) is 3.66. The third kappa shape index (κ3) is 4.77. The summed E-state index contributed by atoms with van der Waals surface area (Å²) in [5.74, 6) is 1.42. The van der Waals surface area contributed by atoms with E-state index in [1.165, 1.54) is 7.11 Å². The Bertz CT molecular complexity index is 876. The number of hydrogen-bond donors (Lipinski definition) is 0. The average Bonchev–Trinajstić information content (AvgIpc) is 3.14. The van der Waals surface area contributed by atoms with Gasteiger partial charge in [0.2, 0.25) is 0 Å². The molecule has 0 unspecified atom stereocenters. The average molecular weight is 382 g/mol. The lowest BCUT2D eigenvalue weighted by molar-refractivity contribution is 0.0600. The molecule has 0 aliphatic rings. The Labute approximate surface area is 163 Å².